The summed E-state index contributed by atoms with van der Waals surface area (Å²) in [5.41, 5.74) is 1.97. The zero-order valence-corrected chi connectivity index (χ0v) is 14.0. The Kier molecular flexibility index (Phi) is 4.89. The minimum absolute atomic E-state index is 0.0102. The maximum absolute atomic E-state index is 10.6. The van der Waals surface area contributed by atoms with Crippen molar-refractivity contribution in [3.63, 3.8) is 0 Å². The van der Waals surface area contributed by atoms with E-state index in [4.69, 9.17) is 0 Å². The van der Waals surface area contributed by atoms with Gasteiger partial charge in [0, 0.05) is 49.2 Å². The fourth-order valence-corrected chi connectivity index (χ4v) is 2.89. The predicted molar refractivity (Wildman–Crippen MR) is 88.5 cm³/mol. The van der Waals surface area contributed by atoms with Crippen LogP contribution in [-0.4, -0.2) is 37.6 Å². The van der Waals surface area contributed by atoms with Gasteiger partial charge in [0.2, 0.25) is 6.41 Å². The maximum atomic E-state index is 10.6. The second kappa shape index (κ2) is 7.09. The Morgan fingerprint density at radius 3 is 2.58 bits per heavy atom. The van der Waals surface area contributed by atoms with Gasteiger partial charge in [-0.25, -0.2) is 15.0 Å². The number of hydrogen-bond donors (Lipinski definition) is 2. The van der Waals surface area contributed by atoms with Crippen LogP contribution in [0.2, 0.25) is 0 Å². The molecule has 128 valence electrons. The van der Waals surface area contributed by atoms with Crippen LogP contribution in [0.1, 0.15) is 67.7 Å². The largest absolute Gasteiger partial charge is 0.385 e. The summed E-state index contributed by atoms with van der Waals surface area (Å²) >= 11 is 0. The molecule has 2 unspecified atom stereocenters. The van der Waals surface area contributed by atoms with E-state index in [0.29, 0.717) is 31.1 Å². The number of aromatic nitrogens is 4. The molecule has 2 aromatic heterocycles. The third kappa shape index (κ3) is 3.62. The molecule has 7 nitrogen and oxygen atoms in total. The molecule has 2 aromatic rings. The number of aliphatic hydroxyl groups is 1. The quantitative estimate of drug-likeness (QED) is 0.716. The summed E-state index contributed by atoms with van der Waals surface area (Å²) in [6.45, 7) is 4.15. The number of hydrogen-bond acceptors (Lipinski definition) is 5. The number of nitrogens with zero attached hydrogens (tertiary/aromatic N) is 4. The first-order chi connectivity index (χ1) is 11.6. The van der Waals surface area contributed by atoms with Crippen molar-refractivity contribution >= 4 is 6.41 Å². The molecule has 7 heteroatoms. The molecule has 1 aliphatic rings. The lowest BCUT2D eigenvalue weighted by Crippen LogP contribution is -2.25. The molecule has 0 radical (unpaired) electrons. The molecule has 2 N–H and O–H groups in total. The second-order valence-corrected chi connectivity index (χ2v) is 6.43. The Bertz CT molecular complexity index is 692. The summed E-state index contributed by atoms with van der Waals surface area (Å²) in [6.07, 6.45) is 8.52. The summed E-state index contributed by atoms with van der Waals surface area (Å²) in [7, 11) is 0. The number of carbonyl (C=O) groups is 1. The zero-order chi connectivity index (χ0) is 17.1. The molecular weight excluding hydrogens is 306 g/mol. The highest BCUT2D eigenvalue weighted by molar-refractivity contribution is 5.45. The summed E-state index contributed by atoms with van der Waals surface area (Å²) in [5, 5.41) is 12.6. The standard InChI is InChI=1S/C17H23N5O2/c1-11(6-18-10-23)22-15(9-21-17(22)12(2)24)5-13-7-19-16(20-8-13)14-3-4-14/h7-12,14,24H,3-6H2,1-2H3,(H,18,23). The Balaban J connectivity index is 1.82. The highest BCUT2D eigenvalue weighted by Gasteiger charge is 2.26. The SMILES string of the molecule is CC(O)c1ncc(Cc2cnc(C3CC3)nc2)n1C(C)CNC=O. The summed E-state index contributed by atoms with van der Waals surface area (Å²) in [6, 6.07) is -0.0102. The van der Waals surface area contributed by atoms with E-state index in [2.05, 4.69) is 20.3 Å². The first-order valence-electron chi connectivity index (χ1n) is 8.32. The smallest absolute Gasteiger partial charge is 0.207 e. The maximum Gasteiger partial charge on any atom is 0.207 e. The molecule has 0 aromatic carbocycles. The van der Waals surface area contributed by atoms with Crippen LogP contribution in [0.3, 0.4) is 0 Å². The topological polar surface area (TPSA) is 92.9 Å². The van der Waals surface area contributed by atoms with Gasteiger partial charge < -0.3 is 15.0 Å². The fourth-order valence-electron chi connectivity index (χ4n) is 2.89. The average molecular weight is 329 g/mol. The third-order valence-electron chi connectivity index (χ3n) is 4.27. The Morgan fingerprint density at radius 1 is 1.29 bits per heavy atom. The van der Waals surface area contributed by atoms with E-state index in [1.807, 2.05) is 23.9 Å². The van der Waals surface area contributed by atoms with Gasteiger partial charge in [0.05, 0.1) is 0 Å². The minimum atomic E-state index is -0.675. The van der Waals surface area contributed by atoms with Crippen molar-refractivity contribution in [1.29, 1.82) is 0 Å². The third-order valence-corrected chi connectivity index (χ3v) is 4.27. The van der Waals surface area contributed by atoms with Gasteiger partial charge in [0.25, 0.3) is 0 Å². The van der Waals surface area contributed by atoms with Gasteiger partial charge in [-0.1, -0.05) is 0 Å². The summed E-state index contributed by atoms with van der Waals surface area (Å²) in [4.78, 5) is 23.8. The molecule has 0 bridgehead atoms. The number of aliphatic hydroxyl groups excluding tert-OH is 1. The lowest BCUT2D eigenvalue weighted by atomic mass is 10.1. The number of amides is 1. The Hall–Kier alpha value is -2.28. The first-order valence-corrected chi connectivity index (χ1v) is 8.32. The summed E-state index contributed by atoms with van der Waals surface area (Å²) in [5.74, 6) is 2.07. The lowest BCUT2D eigenvalue weighted by molar-refractivity contribution is -0.109. The Morgan fingerprint density at radius 2 is 2.00 bits per heavy atom. The number of carbonyl (C=O) groups excluding carboxylic acids is 1. The Labute approximate surface area is 141 Å². The molecule has 24 heavy (non-hydrogen) atoms. The van der Waals surface area contributed by atoms with Crippen LogP contribution in [0.4, 0.5) is 0 Å². The van der Waals surface area contributed by atoms with Crippen LogP contribution in [-0.2, 0) is 11.2 Å². The van der Waals surface area contributed by atoms with E-state index in [9.17, 15) is 9.90 Å². The van der Waals surface area contributed by atoms with Gasteiger partial charge in [-0.2, -0.15) is 0 Å². The molecule has 0 spiro atoms. The molecule has 3 rings (SSSR count). The van der Waals surface area contributed by atoms with Crippen LogP contribution in [0.25, 0.3) is 0 Å². The highest BCUT2D eigenvalue weighted by atomic mass is 16.3. The molecule has 1 fully saturated rings. The van der Waals surface area contributed by atoms with Crippen molar-refractivity contribution < 1.29 is 9.90 Å². The van der Waals surface area contributed by atoms with Gasteiger partial charge >= 0.3 is 0 Å². The van der Waals surface area contributed by atoms with E-state index in [1.165, 1.54) is 12.8 Å². The number of rotatable bonds is 8. The van der Waals surface area contributed by atoms with Crippen molar-refractivity contribution in [2.45, 2.75) is 51.2 Å². The molecule has 0 aliphatic heterocycles. The van der Waals surface area contributed by atoms with E-state index < -0.39 is 6.10 Å². The van der Waals surface area contributed by atoms with E-state index >= 15 is 0 Å². The lowest BCUT2D eigenvalue weighted by Gasteiger charge is -2.20. The van der Waals surface area contributed by atoms with Crippen molar-refractivity contribution in [2.24, 2.45) is 0 Å². The highest BCUT2D eigenvalue weighted by Crippen LogP contribution is 2.37. The van der Waals surface area contributed by atoms with Gasteiger partial charge in [-0.05, 0) is 32.3 Å². The molecule has 2 heterocycles. The molecule has 2 atom stereocenters. The van der Waals surface area contributed by atoms with Crippen LogP contribution in [0, 0.1) is 0 Å². The van der Waals surface area contributed by atoms with Crippen molar-refractivity contribution in [3.05, 3.63) is 41.5 Å². The molecule has 1 saturated carbocycles. The molecule has 0 saturated heterocycles. The molecule has 1 aliphatic carbocycles. The van der Waals surface area contributed by atoms with E-state index in [-0.39, 0.29) is 6.04 Å². The monoisotopic (exact) mass is 329 g/mol. The van der Waals surface area contributed by atoms with Crippen molar-refractivity contribution in [1.82, 2.24) is 24.8 Å². The van der Waals surface area contributed by atoms with Crippen LogP contribution >= 0.6 is 0 Å². The van der Waals surface area contributed by atoms with Crippen LogP contribution < -0.4 is 5.32 Å². The van der Waals surface area contributed by atoms with Gasteiger partial charge in [-0.15, -0.1) is 0 Å². The van der Waals surface area contributed by atoms with Gasteiger partial charge in [-0.3, -0.25) is 4.79 Å². The van der Waals surface area contributed by atoms with E-state index in [1.54, 1.807) is 13.1 Å². The zero-order valence-electron chi connectivity index (χ0n) is 14.0. The first kappa shape index (κ1) is 16.6. The van der Waals surface area contributed by atoms with Crippen LogP contribution in [0.15, 0.2) is 18.6 Å². The van der Waals surface area contributed by atoms with Crippen molar-refractivity contribution in [2.75, 3.05) is 6.54 Å². The molecular formula is C17H23N5O2. The molecule has 1 amide bonds. The normalized spacial score (nSPS) is 16.6. The number of nitrogens with one attached hydrogen (secondary N) is 1. The minimum Gasteiger partial charge on any atom is -0.385 e. The predicted octanol–water partition coefficient (Wildman–Crippen LogP) is 1.50. The number of imidazole rings is 1. The van der Waals surface area contributed by atoms with Crippen molar-refractivity contribution in [3.8, 4) is 0 Å². The van der Waals surface area contributed by atoms with E-state index in [0.717, 1.165) is 17.1 Å². The van der Waals surface area contributed by atoms with Crippen LogP contribution in [0.5, 0.6) is 0 Å². The summed E-state index contributed by atoms with van der Waals surface area (Å²) < 4.78 is 1.98. The average Bonchev–Trinajstić information content (AvgIpc) is 3.33. The fraction of sp³-hybridized carbons (Fsp3) is 0.529. The van der Waals surface area contributed by atoms with Gasteiger partial charge in [0.15, 0.2) is 0 Å². The second-order valence-electron chi connectivity index (χ2n) is 6.43. The van der Waals surface area contributed by atoms with Gasteiger partial charge in [0.1, 0.15) is 17.8 Å².